The van der Waals surface area contributed by atoms with Gasteiger partial charge in [0, 0.05) is 18.9 Å². The van der Waals surface area contributed by atoms with Crippen LogP contribution in [0, 0.1) is 11.8 Å². The second kappa shape index (κ2) is 6.78. The average molecular weight is 256 g/mol. The summed E-state index contributed by atoms with van der Waals surface area (Å²) >= 11 is 0. The van der Waals surface area contributed by atoms with Gasteiger partial charge < -0.3 is 14.2 Å². The Morgan fingerprint density at radius 1 is 1.50 bits per heavy atom. The van der Waals surface area contributed by atoms with Crippen LogP contribution in [0.3, 0.4) is 0 Å². The van der Waals surface area contributed by atoms with E-state index in [4.69, 9.17) is 14.2 Å². The van der Waals surface area contributed by atoms with Crippen molar-refractivity contribution < 1.29 is 19.0 Å². The number of carbonyl (C=O) groups is 1. The summed E-state index contributed by atoms with van der Waals surface area (Å²) in [5, 5.41) is 0. The van der Waals surface area contributed by atoms with Gasteiger partial charge in [-0.2, -0.15) is 0 Å². The zero-order chi connectivity index (χ0) is 13.7. The van der Waals surface area contributed by atoms with Crippen LogP contribution in [-0.4, -0.2) is 26.0 Å². The summed E-state index contributed by atoms with van der Waals surface area (Å²) in [4.78, 5) is 11.8. The molecule has 4 nitrogen and oxygen atoms in total. The van der Waals surface area contributed by atoms with Gasteiger partial charge in [0.2, 0.25) is 0 Å². The third-order valence-electron chi connectivity index (χ3n) is 3.09. The van der Waals surface area contributed by atoms with Crippen molar-refractivity contribution in [1.82, 2.24) is 0 Å². The first-order valence-electron chi connectivity index (χ1n) is 6.56. The fourth-order valence-electron chi connectivity index (χ4n) is 2.44. The summed E-state index contributed by atoms with van der Waals surface area (Å²) in [7, 11) is 1.41. The molecule has 0 aromatic rings. The van der Waals surface area contributed by atoms with E-state index in [0.29, 0.717) is 30.3 Å². The lowest BCUT2D eigenvalue weighted by Gasteiger charge is -2.32. The van der Waals surface area contributed by atoms with Crippen LogP contribution in [0.2, 0.25) is 0 Å². The average Bonchev–Trinajstić information content (AvgIpc) is 2.27. The number of carbonyl (C=O) groups excluding carboxylic acids is 1. The minimum atomic E-state index is -0.284. The predicted octanol–water partition coefficient (Wildman–Crippen LogP) is 2.88. The van der Waals surface area contributed by atoms with Gasteiger partial charge in [-0.3, -0.25) is 0 Å². The van der Waals surface area contributed by atoms with Crippen LogP contribution in [0.25, 0.3) is 0 Å². The molecule has 0 N–H and O–H groups in total. The summed E-state index contributed by atoms with van der Waals surface area (Å²) in [6, 6.07) is 0. The van der Waals surface area contributed by atoms with Gasteiger partial charge in [0.15, 0.2) is 6.29 Å². The Bertz CT molecular complexity index is 320. The van der Waals surface area contributed by atoms with Crippen molar-refractivity contribution in [2.45, 2.75) is 46.8 Å². The lowest BCUT2D eigenvalue weighted by Crippen LogP contribution is -2.31. The number of hydrogen-bond donors (Lipinski definition) is 0. The maximum atomic E-state index is 11.8. The molecule has 0 amide bonds. The summed E-state index contributed by atoms with van der Waals surface area (Å²) in [6.45, 7) is 8.66. The smallest absolute Gasteiger partial charge is 0.337 e. The number of ether oxygens (including phenoxy) is 3. The number of rotatable bonds is 5. The molecule has 0 saturated heterocycles. The molecule has 2 atom stereocenters. The first-order valence-corrected chi connectivity index (χ1v) is 6.56. The Balaban J connectivity index is 2.92. The molecule has 1 aliphatic rings. The normalized spacial score (nSPS) is 24.1. The van der Waals surface area contributed by atoms with E-state index in [9.17, 15) is 4.79 Å². The first kappa shape index (κ1) is 15.0. The summed E-state index contributed by atoms with van der Waals surface area (Å²) in [6.07, 6.45) is 1.41. The van der Waals surface area contributed by atoms with Crippen molar-refractivity contribution in [2.75, 3.05) is 13.7 Å². The molecule has 0 unspecified atom stereocenters. The molecule has 18 heavy (non-hydrogen) atoms. The van der Waals surface area contributed by atoms with Gasteiger partial charge >= 0.3 is 5.97 Å². The van der Waals surface area contributed by atoms with E-state index in [1.54, 1.807) is 0 Å². The molecular formula is C14H24O4. The van der Waals surface area contributed by atoms with Crippen LogP contribution < -0.4 is 0 Å². The molecule has 0 aromatic carbocycles. The van der Waals surface area contributed by atoms with Crippen LogP contribution in [0.1, 0.15) is 40.5 Å². The minimum Gasteiger partial charge on any atom is -0.469 e. The van der Waals surface area contributed by atoms with Gasteiger partial charge in [-0.15, -0.1) is 0 Å². The molecule has 0 bridgehead atoms. The van der Waals surface area contributed by atoms with Crippen LogP contribution in [-0.2, 0) is 19.0 Å². The van der Waals surface area contributed by atoms with Crippen LogP contribution in [0.5, 0.6) is 0 Å². The Kier molecular flexibility index (Phi) is 5.66. The Morgan fingerprint density at radius 2 is 2.17 bits per heavy atom. The lowest BCUT2D eigenvalue weighted by atomic mass is 9.85. The fraction of sp³-hybridized carbons (Fsp3) is 0.786. The molecule has 1 aliphatic heterocycles. The molecule has 0 saturated carbocycles. The van der Waals surface area contributed by atoms with E-state index in [0.717, 1.165) is 6.42 Å². The third kappa shape index (κ3) is 3.73. The molecular weight excluding hydrogens is 232 g/mol. The molecule has 1 heterocycles. The summed E-state index contributed by atoms with van der Waals surface area (Å²) < 4.78 is 16.0. The summed E-state index contributed by atoms with van der Waals surface area (Å²) in [5.74, 6) is 1.02. The van der Waals surface area contributed by atoms with Gasteiger partial charge in [-0.1, -0.05) is 13.8 Å². The zero-order valence-corrected chi connectivity index (χ0v) is 12.0. The Hall–Kier alpha value is -1.03. The summed E-state index contributed by atoms with van der Waals surface area (Å²) in [5.41, 5.74) is 0.669. The van der Waals surface area contributed by atoms with Gasteiger partial charge in [-0.05, 0) is 26.2 Å². The minimum absolute atomic E-state index is 0.155. The highest BCUT2D eigenvalue weighted by atomic mass is 16.7. The molecule has 0 radical (unpaired) electrons. The molecule has 0 aliphatic carbocycles. The van der Waals surface area contributed by atoms with E-state index >= 15 is 0 Å². The van der Waals surface area contributed by atoms with Crippen molar-refractivity contribution >= 4 is 5.97 Å². The number of hydrogen-bond acceptors (Lipinski definition) is 4. The number of esters is 1. The van der Waals surface area contributed by atoms with Gasteiger partial charge in [0.05, 0.1) is 12.7 Å². The maximum absolute atomic E-state index is 11.8. The molecule has 0 spiro atoms. The predicted molar refractivity (Wildman–Crippen MR) is 68.8 cm³/mol. The highest BCUT2D eigenvalue weighted by Gasteiger charge is 2.34. The van der Waals surface area contributed by atoms with Crippen LogP contribution in [0.4, 0.5) is 0 Å². The van der Waals surface area contributed by atoms with Crippen LogP contribution >= 0.6 is 0 Å². The third-order valence-corrected chi connectivity index (χ3v) is 3.09. The van der Waals surface area contributed by atoms with Crippen LogP contribution in [0.15, 0.2) is 11.3 Å². The van der Waals surface area contributed by atoms with Gasteiger partial charge in [0.1, 0.15) is 5.76 Å². The maximum Gasteiger partial charge on any atom is 0.337 e. The molecule has 0 aromatic heterocycles. The zero-order valence-electron chi connectivity index (χ0n) is 12.0. The topological polar surface area (TPSA) is 44.8 Å². The van der Waals surface area contributed by atoms with E-state index in [-0.39, 0.29) is 18.2 Å². The largest absolute Gasteiger partial charge is 0.469 e. The highest BCUT2D eigenvalue weighted by Crippen LogP contribution is 2.34. The molecule has 0 fully saturated rings. The second-order valence-corrected chi connectivity index (χ2v) is 5.03. The Labute approximate surface area is 109 Å². The van der Waals surface area contributed by atoms with E-state index in [1.807, 2.05) is 13.8 Å². The molecule has 1 rings (SSSR count). The number of methoxy groups -OCH3 is 1. The SMILES string of the molecule is CCO[C@H]1C[C@H](CC(C)C)C(C(=O)OC)=C(C)O1. The van der Waals surface area contributed by atoms with Gasteiger partial charge in [0.25, 0.3) is 0 Å². The standard InChI is InChI=1S/C14H24O4/c1-6-17-12-8-11(7-9(2)3)13(10(4)18-12)14(15)16-5/h9,11-12H,6-8H2,1-5H3/t11-,12+/m0/s1. The van der Waals surface area contributed by atoms with Crippen molar-refractivity contribution in [2.24, 2.45) is 11.8 Å². The molecule has 104 valence electrons. The van der Waals surface area contributed by atoms with Crippen molar-refractivity contribution in [3.8, 4) is 0 Å². The van der Waals surface area contributed by atoms with E-state index in [1.165, 1.54) is 7.11 Å². The quantitative estimate of drug-likeness (QED) is 0.709. The second-order valence-electron chi connectivity index (χ2n) is 5.03. The fourth-order valence-corrected chi connectivity index (χ4v) is 2.44. The highest BCUT2D eigenvalue weighted by molar-refractivity contribution is 5.89. The molecule has 4 heteroatoms. The van der Waals surface area contributed by atoms with Crippen molar-refractivity contribution in [3.63, 3.8) is 0 Å². The lowest BCUT2D eigenvalue weighted by molar-refractivity contribution is -0.147. The Morgan fingerprint density at radius 3 is 2.67 bits per heavy atom. The first-order chi connectivity index (χ1) is 8.49. The monoisotopic (exact) mass is 256 g/mol. The van der Waals surface area contributed by atoms with Crippen molar-refractivity contribution in [1.29, 1.82) is 0 Å². The number of allylic oxidation sites excluding steroid dienone is 1. The van der Waals surface area contributed by atoms with E-state index in [2.05, 4.69) is 13.8 Å². The van der Waals surface area contributed by atoms with Crippen molar-refractivity contribution in [3.05, 3.63) is 11.3 Å². The van der Waals surface area contributed by atoms with E-state index < -0.39 is 0 Å². The van der Waals surface area contributed by atoms with Gasteiger partial charge in [-0.25, -0.2) is 4.79 Å².